The van der Waals surface area contributed by atoms with Gasteiger partial charge in [0.05, 0.1) is 19.9 Å². The molecule has 1 N–H and O–H groups in total. The summed E-state index contributed by atoms with van der Waals surface area (Å²) in [4.78, 5) is 2.44. The zero-order chi connectivity index (χ0) is 24.5. The van der Waals surface area contributed by atoms with E-state index >= 15 is 0 Å². The van der Waals surface area contributed by atoms with Gasteiger partial charge in [0.1, 0.15) is 13.2 Å². The van der Waals surface area contributed by atoms with E-state index in [9.17, 15) is 0 Å². The van der Waals surface area contributed by atoms with Crippen LogP contribution in [0, 0.1) is 0 Å². The summed E-state index contributed by atoms with van der Waals surface area (Å²) in [5.74, 6) is 3.37. The number of hydrogen-bond acceptors (Lipinski definition) is 6. The summed E-state index contributed by atoms with van der Waals surface area (Å²) in [6, 6.07) is 13.4. The van der Waals surface area contributed by atoms with E-state index in [2.05, 4.69) is 51.3 Å². The first-order valence-electron chi connectivity index (χ1n) is 13.0. The van der Waals surface area contributed by atoms with Crippen LogP contribution in [0.25, 0.3) is 11.3 Å². The SMILES string of the molecule is COc1cc2c(cc1OC)-c1cc(CCNC3CCN(c4cccc5c4OCCO5)CC3)cn1CC2. The van der Waals surface area contributed by atoms with Crippen molar-refractivity contribution in [3.05, 3.63) is 53.7 Å². The van der Waals surface area contributed by atoms with Crippen molar-refractivity contribution in [2.75, 3.05) is 52.0 Å². The first-order chi connectivity index (χ1) is 17.7. The Bertz CT molecular complexity index is 1230. The van der Waals surface area contributed by atoms with E-state index in [1.165, 1.54) is 28.1 Å². The summed E-state index contributed by atoms with van der Waals surface area (Å²) in [5, 5.41) is 3.81. The zero-order valence-electron chi connectivity index (χ0n) is 21.2. The highest BCUT2D eigenvalue weighted by Crippen LogP contribution is 2.41. The van der Waals surface area contributed by atoms with Crippen molar-refractivity contribution in [1.29, 1.82) is 0 Å². The Labute approximate surface area is 212 Å². The molecule has 6 rings (SSSR count). The second kappa shape index (κ2) is 9.97. The van der Waals surface area contributed by atoms with Gasteiger partial charge in [0.2, 0.25) is 0 Å². The smallest absolute Gasteiger partial charge is 0.184 e. The summed E-state index contributed by atoms with van der Waals surface area (Å²) in [5.41, 5.74) is 6.40. The van der Waals surface area contributed by atoms with Gasteiger partial charge < -0.3 is 33.7 Å². The number of methoxy groups -OCH3 is 2. The van der Waals surface area contributed by atoms with Gasteiger partial charge in [-0.2, -0.15) is 0 Å². The van der Waals surface area contributed by atoms with E-state index in [0.29, 0.717) is 19.3 Å². The number of aromatic nitrogens is 1. The van der Waals surface area contributed by atoms with Crippen LogP contribution in [0.3, 0.4) is 0 Å². The summed E-state index contributed by atoms with van der Waals surface area (Å²) >= 11 is 0. The maximum Gasteiger partial charge on any atom is 0.184 e. The molecule has 2 aromatic carbocycles. The average molecular weight is 490 g/mol. The van der Waals surface area contributed by atoms with E-state index < -0.39 is 0 Å². The number of anilines is 1. The summed E-state index contributed by atoms with van der Waals surface area (Å²) in [6.07, 6.45) is 6.62. The Balaban J connectivity index is 1.05. The minimum Gasteiger partial charge on any atom is -0.493 e. The predicted molar refractivity (Wildman–Crippen MR) is 141 cm³/mol. The third kappa shape index (κ3) is 4.37. The van der Waals surface area contributed by atoms with E-state index in [-0.39, 0.29) is 0 Å². The van der Waals surface area contributed by atoms with Crippen LogP contribution in [0.5, 0.6) is 23.0 Å². The molecule has 0 spiro atoms. The van der Waals surface area contributed by atoms with Crippen molar-refractivity contribution in [2.24, 2.45) is 0 Å². The molecule has 0 bridgehead atoms. The number of fused-ring (bicyclic) bond motifs is 4. The lowest BCUT2D eigenvalue weighted by atomic mass is 9.97. The van der Waals surface area contributed by atoms with Gasteiger partial charge in [0.15, 0.2) is 23.0 Å². The highest BCUT2D eigenvalue weighted by atomic mass is 16.6. The molecule has 3 aliphatic rings. The van der Waals surface area contributed by atoms with Crippen LogP contribution in [0.1, 0.15) is 24.0 Å². The molecule has 0 radical (unpaired) electrons. The molecule has 0 unspecified atom stereocenters. The monoisotopic (exact) mass is 489 g/mol. The Kier molecular flexibility index (Phi) is 6.40. The second-order valence-corrected chi connectivity index (χ2v) is 9.81. The minimum atomic E-state index is 0.549. The molecule has 36 heavy (non-hydrogen) atoms. The quantitative estimate of drug-likeness (QED) is 0.534. The van der Waals surface area contributed by atoms with Crippen molar-refractivity contribution < 1.29 is 18.9 Å². The van der Waals surface area contributed by atoms with Gasteiger partial charge in [-0.15, -0.1) is 0 Å². The number of aryl methyl sites for hydroxylation is 2. The highest BCUT2D eigenvalue weighted by Gasteiger charge is 2.25. The molecule has 3 aliphatic heterocycles. The first kappa shape index (κ1) is 23.1. The third-order valence-electron chi connectivity index (χ3n) is 7.69. The first-order valence-corrected chi connectivity index (χ1v) is 13.0. The number of hydrogen-bond donors (Lipinski definition) is 1. The predicted octanol–water partition coefficient (Wildman–Crippen LogP) is 4.30. The fourth-order valence-corrected chi connectivity index (χ4v) is 5.78. The number of nitrogens with zero attached hydrogens (tertiary/aromatic N) is 2. The van der Waals surface area contributed by atoms with Gasteiger partial charge in [-0.05, 0) is 73.7 Å². The van der Waals surface area contributed by atoms with Gasteiger partial charge in [-0.3, -0.25) is 0 Å². The summed E-state index contributed by atoms with van der Waals surface area (Å²) in [7, 11) is 3.40. The number of piperidine rings is 1. The van der Waals surface area contributed by atoms with Gasteiger partial charge in [-0.25, -0.2) is 0 Å². The largest absolute Gasteiger partial charge is 0.493 e. The van der Waals surface area contributed by atoms with Gasteiger partial charge in [-0.1, -0.05) is 6.07 Å². The Morgan fingerprint density at radius 2 is 1.78 bits per heavy atom. The number of benzene rings is 2. The molecular weight excluding hydrogens is 454 g/mol. The van der Waals surface area contributed by atoms with Gasteiger partial charge >= 0.3 is 0 Å². The third-order valence-corrected chi connectivity index (χ3v) is 7.69. The van der Waals surface area contributed by atoms with Crippen molar-refractivity contribution in [3.63, 3.8) is 0 Å². The molecule has 0 amide bonds. The molecule has 7 nitrogen and oxygen atoms in total. The van der Waals surface area contributed by atoms with Crippen LogP contribution < -0.4 is 29.2 Å². The van der Waals surface area contributed by atoms with Crippen molar-refractivity contribution >= 4 is 5.69 Å². The number of para-hydroxylation sites is 1. The lowest BCUT2D eigenvalue weighted by Gasteiger charge is -2.35. The number of ether oxygens (including phenoxy) is 4. The Morgan fingerprint density at radius 1 is 0.972 bits per heavy atom. The maximum absolute atomic E-state index is 5.93. The molecule has 1 fully saturated rings. The Hall–Kier alpha value is -3.32. The molecule has 7 heteroatoms. The van der Waals surface area contributed by atoms with Crippen LogP contribution in [0.2, 0.25) is 0 Å². The molecule has 3 aromatic rings. The van der Waals surface area contributed by atoms with Crippen LogP contribution in [0.15, 0.2) is 42.6 Å². The lowest BCUT2D eigenvalue weighted by molar-refractivity contribution is 0.172. The molecule has 0 aliphatic carbocycles. The van der Waals surface area contributed by atoms with E-state index in [1.807, 2.05) is 6.07 Å². The van der Waals surface area contributed by atoms with E-state index in [1.54, 1.807) is 14.2 Å². The van der Waals surface area contributed by atoms with E-state index in [4.69, 9.17) is 18.9 Å². The fourth-order valence-electron chi connectivity index (χ4n) is 5.78. The summed E-state index contributed by atoms with van der Waals surface area (Å²) in [6.45, 7) is 5.30. The number of rotatable bonds is 7. The topological polar surface area (TPSA) is 57.1 Å². The highest BCUT2D eigenvalue weighted by molar-refractivity contribution is 5.71. The van der Waals surface area contributed by atoms with Crippen LogP contribution in [0.4, 0.5) is 5.69 Å². The van der Waals surface area contributed by atoms with Gasteiger partial charge in [0.25, 0.3) is 0 Å². The Morgan fingerprint density at radius 3 is 2.61 bits per heavy atom. The molecule has 190 valence electrons. The van der Waals surface area contributed by atoms with Crippen molar-refractivity contribution in [3.8, 4) is 34.3 Å². The standard InChI is InChI=1S/C29H35N3O4/c1-33-27-17-21-7-11-32-19-20(16-25(32)23(21)18-28(27)34-2)6-10-30-22-8-12-31(13-9-22)24-4-3-5-26-29(24)36-15-14-35-26/h3-5,16-19,22,30H,6-15H2,1-2H3. The molecule has 1 aromatic heterocycles. The minimum absolute atomic E-state index is 0.549. The van der Waals surface area contributed by atoms with Crippen LogP contribution in [-0.4, -0.2) is 57.7 Å². The summed E-state index contributed by atoms with van der Waals surface area (Å²) < 4.78 is 25.1. The molecular formula is C29H35N3O4. The average Bonchev–Trinajstić information content (AvgIpc) is 3.36. The zero-order valence-corrected chi connectivity index (χ0v) is 21.2. The maximum atomic E-state index is 5.93. The van der Waals surface area contributed by atoms with Crippen molar-refractivity contribution in [1.82, 2.24) is 9.88 Å². The lowest BCUT2D eigenvalue weighted by Crippen LogP contribution is -2.43. The second-order valence-electron chi connectivity index (χ2n) is 9.81. The molecule has 0 saturated carbocycles. The molecule has 4 heterocycles. The fraction of sp³-hybridized carbons (Fsp3) is 0.448. The molecule has 0 atom stereocenters. The van der Waals surface area contributed by atoms with Crippen molar-refractivity contribution in [2.45, 2.75) is 38.3 Å². The molecule has 1 saturated heterocycles. The van der Waals surface area contributed by atoms with Crippen LogP contribution in [-0.2, 0) is 19.4 Å². The number of nitrogens with one attached hydrogen (secondary N) is 1. The van der Waals surface area contributed by atoms with E-state index in [0.717, 1.165) is 74.9 Å². The normalized spacial score (nSPS) is 16.9. The van der Waals surface area contributed by atoms with Crippen LogP contribution >= 0.6 is 0 Å². The van der Waals surface area contributed by atoms with Gasteiger partial charge in [0, 0.05) is 43.1 Å².